The van der Waals surface area contributed by atoms with Crippen LogP contribution in [0.15, 0.2) is 18.2 Å². The van der Waals surface area contributed by atoms with E-state index in [4.69, 9.17) is 11.6 Å². The van der Waals surface area contributed by atoms with Crippen molar-refractivity contribution >= 4 is 11.6 Å². The highest BCUT2D eigenvalue weighted by molar-refractivity contribution is 6.31. The molecule has 1 N–H and O–H groups in total. The van der Waals surface area contributed by atoms with Crippen LogP contribution in [0.25, 0.3) is 0 Å². The van der Waals surface area contributed by atoms with Gasteiger partial charge < -0.3 is 5.32 Å². The maximum absolute atomic E-state index is 6.26. The van der Waals surface area contributed by atoms with Crippen molar-refractivity contribution in [2.45, 2.75) is 78.2 Å². The van der Waals surface area contributed by atoms with Crippen LogP contribution >= 0.6 is 11.6 Å². The normalized spacial score (nSPS) is 12.6. The second-order valence-electron chi connectivity index (χ2n) is 5.97. The Morgan fingerprint density at radius 2 is 1.67 bits per heavy atom. The Balaban J connectivity index is 2.41. The minimum atomic E-state index is 0.448. The van der Waals surface area contributed by atoms with Gasteiger partial charge in [-0.3, -0.25) is 0 Å². The lowest BCUT2D eigenvalue weighted by Gasteiger charge is -2.21. The minimum Gasteiger partial charge on any atom is -0.310 e. The SMILES string of the molecule is CCCCCCCCCC(NCC)c1cccc(Cl)c1C. The molecule has 0 saturated carbocycles. The van der Waals surface area contributed by atoms with Crippen LogP contribution in [0.1, 0.15) is 82.4 Å². The van der Waals surface area contributed by atoms with Gasteiger partial charge in [-0.25, -0.2) is 0 Å². The van der Waals surface area contributed by atoms with Gasteiger partial charge in [0.2, 0.25) is 0 Å². The van der Waals surface area contributed by atoms with E-state index < -0.39 is 0 Å². The summed E-state index contributed by atoms with van der Waals surface area (Å²) in [5.41, 5.74) is 2.60. The zero-order valence-electron chi connectivity index (χ0n) is 14.1. The molecule has 0 aliphatic carbocycles. The molecule has 0 bridgehead atoms. The van der Waals surface area contributed by atoms with E-state index in [1.54, 1.807) is 0 Å². The third-order valence-corrected chi connectivity index (χ3v) is 4.64. The number of nitrogens with one attached hydrogen (secondary N) is 1. The first kappa shape index (κ1) is 18.5. The monoisotopic (exact) mass is 309 g/mol. The van der Waals surface area contributed by atoms with Crippen LogP contribution in [0.2, 0.25) is 5.02 Å². The molecule has 2 heteroatoms. The first-order chi connectivity index (χ1) is 10.2. The summed E-state index contributed by atoms with van der Waals surface area (Å²) >= 11 is 6.26. The quantitative estimate of drug-likeness (QED) is 0.464. The van der Waals surface area contributed by atoms with E-state index in [2.05, 4.69) is 38.2 Å². The molecule has 0 fully saturated rings. The summed E-state index contributed by atoms with van der Waals surface area (Å²) < 4.78 is 0. The molecule has 1 aromatic carbocycles. The van der Waals surface area contributed by atoms with Crippen LogP contribution in [-0.2, 0) is 0 Å². The number of hydrogen-bond donors (Lipinski definition) is 1. The first-order valence-corrected chi connectivity index (χ1v) is 9.06. The Hall–Kier alpha value is -0.530. The van der Waals surface area contributed by atoms with E-state index in [0.717, 1.165) is 11.6 Å². The molecular weight excluding hydrogens is 278 g/mol. The third-order valence-electron chi connectivity index (χ3n) is 4.23. The van der Waals surface area contributed by atoms with Crippen molar-refractivity contribution in [2.24, 2.45) is 0 Å². The van der Waals surface area contributed by atoms with E-state index in [0.29, 0.717) is 6.04 Å². The van der Waals surface area contributed by atoms with Crippen molar-refractivity contribution < 1.29 is 0 Å². The largest absolute Gasteiger partial charge is 0.310 e. The number of rotatable bonds is 11. The third kappa shape index (κ3) is 6.84. The maximum atomic E-state index is 6.26. The summed E-state index contributed by atoms with van der Waals surface area (Å²) in [6, 6.07) is 6.72. The molecule has 0 radical (unpaired) electrons. The highest BCUT2D eigenvalue weighted by Crippen LogP contribution is 2.27. The van der Waals surface area contributed by atoms with Gasteiger partial charge in [0.1, 0.15) is 0 Å². The molecule has 0 aliphatic rings. The van der Waals surface area contributed by atoms with Gasteiger partial charge in [-0.05, 0) is 37.1 Å². The molecule has 0 aliphatic heterocycles. The van der Waals surface area contributed by atoms with Gasteiger partial charge >= 0.3 is 0 Å². The lowest BCUT2D eigenvalue weighted by atomic mass is 9.96. The average molecular weight is 310 g/mol. The lowest BCUT2D eigenvalue weighted by molar-refractivity contribution is 0.474. The summed E-state index contributed by atoms with van der Waals surface area (Å²) in [6.07, 6.45) is 10.8. The maximum Gasteiger partial charge on any atom is 0.0438 e. The second-order valence-corrected chi connectivity index (χ2v) is 6.38. The van der Waals surface area contributed by atoms with Crippen molar-refractivity contribution in [1.29, 1.82) is 0 Å². The highest BCUT2D eigenvalue weighted by atomic mass is 35.5. The van der Waals surface area contributed by atoms with Crippen LogP contribution in [0, 0.1) is 6.92 Å². The minimum absolute atomic E-state index is 0.448. The zero-order chi connectivity index (χ0) is 15.5. The van der Waals surface area contributed by atoms with Crippen LogP contribution in [-0.4, -0.2) is 6.54 Å². The number of hydrogen-bond acceptors (Lipinski definition) is 1. The molecule has 1 aromatic rings. The Morgan fingerprint density at radius 1 is 1.00 bits per heavy atom. The van der Waals surface area contributed by atoms with Crippen LogP contribution in [0.4, 0.5) is 0 Å². The summed E-state index contributed by atoms with van der Waals surface area (Å²) in [5.74, 6) is 0. The standard InChI is InChI=1S/C19H32ClN/c1-4-6-7-8-9-10-11-15-19(21-5-2)17-13-12-14-18(20)16(17)3/h12-14,19,21H,4-11,15H2,1-3H3. The molecule has 120 valence electrons. The van der Waals surface area contributed by atoms with Crippen molar-refractivity contribution in [3.05, 3.63) is 34.3 Å². The zero-order valence-corrected chi connectivity index (χ0v) is 14.8. The summed E-state index contributed by atoms with van der Waals surface area (Å²) in [4.78, 5) is 0. The predicted octanol–water partition coefficient (Wildman–Crippen LogP) is 6.44. The molecule has 1 unspecified atom stereocenters. The molecule has 0 heterocycles. The fraction of sp³-hybridized carbons (Fsp3) is 0.684. The topological polar surface area (TPSA) is 12.0 Å². The molecule has 0 amide bonds. The lowest BCUT2D eigenvalue weighted by Crippen LogP contribution is -2.21. The van der Waals surface area contributed by atoms with Crippen molar-refractivity contribution in [2.75, 3.05) is 6.54 Å². The highest BCUT2D eigenvalue weighted by Gasteiger charge is 2.13. The van der Waals surface area contributed by atoms with Gasteiger partial charge in [0.25, 0.3) is 0 Å². The average Bonchev–Trinajstić information content (AvgIpc) is 2.48. The Bertz CT molecular complexity index is 389. The van der Waals surface area contributed by atoms with E-state index in [9.17, 15) is 0 Å². The van der Waals surface area contributed by atoms with Crippen LogP contribution < -0.4 is 5.32 Å². The van der Waals surface area contributed by atoms with Crippen molar-refractivity contribution in [3.63, 3.8) is 0 Å². The molecule has 1 nitrogen and oxygen atoms in total. The number of halogens is 1. The fourth-order valence-corrected chi connectivity index (χ4v) is 3.10. The summed E-state index contributed by atoms with van der Waals surface area (Å²) in [5, 5.41) is 4.50. The van der Waals surface area contributed by atoms with Gasteiger partial charge in [0, 0.05) is 11.1 Å². The number of unbranched alkanes of at least 4 members (excludes halogenated alkanes) is 6. The van der Waals surface area contributed by atoms with Gasteiger partial charge in [-0.1, -0.05) is 82.5 Å². The molecule has 0 saturated heterocycles. The first-order valence-electron chi connectivity index (χ1n) is 8.69. The predicted molar refractivity (Wildman–Crippen MR) is 95.2 cm³/mol. The van der Waals surface area contributed by atoms with Crippen molar-refractivity contribution in [1.82, 2.24) is 5.32 Å². The van der Waals surface area contributed by atoms with Crippen LogP contribution in [0.3, 0.4) is 0 Å². The Morgan fingerprint density at radius 3 is 2.33 bits per heavy atom. The van der Waals surface area contributed by atoms with Gasteiger partial charge in [-0.15, -0.1) is 0 Å². The van der Waals surface area contributed by atoms with E-state index in [-0.39, 0.29) is 0 Å². The van der Waals surface area contributed by atoms with E-state index in [1.807, 2.05) is 6.07 Å². The Kier molecular flexibility index (Phi) is 9.78. The molecule has 0 aromatic heterocycles. The van der Waals surface area contributed by atoms with Gasteiger partial charge in [-0.2, -0.15) is 0 Å². The van der Waals surface area contributed by atoms with Gasteiger partial charge in [0.05, 0.1) is 0 Å². The fourth-order valence-electron chi connectivity index (χ4n) is 2.92. The second kappa shape index (κ2) is 11.1. The molecule has 1 atom stereocenters. The van der Waals surface area contributed by atoms with Crippen molar-refractivity contribution in [3.8, 4) is 0 Å². The van der Waals surface area contributed by atoms with Gasteiger partial charge in [0.15, 0.2) is 0 Å². The molecule has 1 rings (SSSR count). The van der Waals surface area contributed by atoms with E-state index in [1.165, 1.54) is 62.5 Å². The van der Waals surface area contributed by atoms with Crippen LogP contribution in [0.5, 0.6) is 0 Å². The summed E-state index contributed by atoms with van der Waals surface area (Å²) in [7, 11) is 0. The molecule has 21 heavy (non-hydrogen) atoms. The molecule has 0 spiro atoms. The summed E-state index contributed by atoms with van der Waals surface area (Å²) in [6.45, 7) is 7.59. The van der Waals surface area contributed by atoms with E-state index >= 15 is 0 Å². The molecular formula is C19H32ClN. The number of benzene rings is 1. The smallest absolute Gasteiger partial charge is 0.0438 e. The Labute approximate surface area is 136 Å².